The molecule has 0 N–H and O–H groups in total. The topological polar surface area (TPSA) is 77.3 Å². The third-order valence-corrected chi connectivity index (χ3v) is 5.67. The minimum Gasteiger partial charge on any atom is -0.467 e. The maximum absolute atomic E-state index is 12.6. The lowest BCUT2D eigenvalue weighted by atomic mass is 10.1. The van der Waals surface area contributed by atoms with Gasteiger partial charge in [0.2, 0.25) is 5.91 Å². The largest absolute Gasteiger partial charge is 0.467 e. The number of hydrogen-bond donors (Lipinski definition) is 0. The van der Waals surface area contributed by atoms with E-state index in [9.17, 15) is 4.79 Å². The third-order valence-electron chi connectivity index (χ3n) is 4.72. The van der Waals surface area contributed by atoms with Crippen LogP contribution in [0, 0.1) is 6.92 Å². The maximum Gasteiger partial charge on any atom is 0.233 e. The van der Waals surface area contributed by atoms with E-state index >= 15 is 0 Å². The number of aryl methyl sites for hydroxylation is 1. The Balaban J connectivity index is 1.53. The van der Waals surface area contributed by atoms with Crippen molar-refractivity contribution in [1.29, 1.82) is 0 Å². The van der Waals surface area contributed by atoms with E-state index in [2.05, 4.69) is 10.2 Å². The van der Waals surface area contributed by atoms with E-state index < -0.39 is 0 Å². The summed E-state index contributed by atoms with van der Waals surface area (Å²) in [4.78, 5) is 14.2. The summed E-state index contributed by atoms with van der Waals surface area (Å²) in [5.41, 5.74) is 2.11. The van der Waals surface area contributed by atoms with Gasteiger partial charge in [-0.3, -0.25) is 9.36 Å². The monoisotopic (exact) mass is 422 g/mol. The highest BCUT2D eigenvalue weighted by atomic mass is 32.2. The molecule has 0 aliphatic carbocycles. The zero-order valence-corrected chi connectivity index (χ0v) is 17.6. The smallest absolute Gasteiger partial charge is 0.233 e. The first-order chi connectivity index (χ1) is 14.6. The number of rotatable bonds is 8. The number of nitrogens with zero attached hydrogens (tertiary/aromatic N) is 4. The van der Waals surface area contributed by atoms with Crippen LogP contribution in [-0.4, -0.2) is 38.4 Å². The van der Waals surface area contributed by atoms with Crippen LogP contribution in [0.2, 0.25) is 0 Å². The first-order valence-corrected chi connectivity index (χ1v) is 10.5. The van der Waals surface area contributed by atoms with Crippen LogP contribution < -0.4 is 0 Å². The molecule has 0 aliphatic heterocycles. The SMILES string of the molecule is Cc1ccccc1-c1nnc(SCC(=O)N(C)Cc2ccco2)n1Cc1ccco1. The molecular formula is C22H22N4O3S. The number of carbonyl (C=O) groups excluding carboxylic acids is 1. The van der Waals surface area contributed by atoms with Gasteiger partial charge in [0, 0.05) is 12.6 Å². The van der Waals surface area contributed by atoms with Gasteiger partial charge in [0.1, 0.15) is 11.5 Å². The Morgan fingerprint density at radius 1 is 1.03 bits per heavy atom. The fourth-order valence-corrected chi connectivity index (χ4v) is 3.96. The second-order valence-electron chi connectivity index (χ2n) is 6.90. The van der Waals surface area contributed by atoms with Crippen molar-refractivity contribution in [3.63, 3.8) is 0 Å². The summed E-state index contributed by atoms with van der Waals surface area (Å²) < 4.78 is 12.8. The van der Waals surface area contributed by atoms with Crippen molar-refractivity contribution in [2.45, 2.75) is 25.2 Å². The Hall–Kier alpha value is -3.26. The predicted octanol–water partition coefficient (Wildman–Crippen LogP) is 4.24. The molecule has 0 bridgehead atoms. The van der Waals surface area contributed by atoms with Crippen molar-refractivity contribution in [3.05, 3.63) is 78.1 Å². The van der Waals surface area contributed by atoms with E-state index in [4.69, 9.17) is 8.83 Å². The van der Waals surface area contributed by atoms with Gasteiger partial charge in [-0.05, 0) is 36.8 Å². The molecule has 0 spiro atoms. The Bertz CT molecular complexity index is 1100. The summed E-state index contributed by atoms with van der Waals surface area (Å²) in [5.74, 6) is 2.54. The molecule has 4 rings (SSSR count). The standard InChI is InChI=1S/C22H22N4O3S/c1-16-7-3-4-10-19(16)21-23-24-22(26(21)14-18-9-6-12-29-18)30-15-20(27)25(2)13-17-8-5-11-28-17/h3-12H,13-15H2,1-2H3. The van der Waals surface area contributed by atoms with Crippen LogP contribution in [0.4, 0.5) is 0 Å². The van der Waals surface area contributed by atoms with Crippen LogP contribution in [0.3, 0.4) is 0 Å². The first kappa shape index (κ1) is 20.0. The molecule has 0 radical (unpaired) electrons. The van der Waals surface area contributed by atoms with Gasteiger partial charge in [0.05, 0.1) is 31.4 Å². The number of amides is 1. The van der Waals surface area contributed by atoms with Crippen LogP contribution >= 0.6 is 11.8 Å². The molecule has 0 aliphatic rings. The number of benzene rings is 1. The van der Waals surface area contributed by atoms with Gasteiger partial charge in [-0.15, -0.1) is 10.2 Å². The lowest BCUT2D eigenvalue weighted by Gasteiger charge is -2.15. The van der Waals surface area contributed by atoms with E-state index in [1.807, 2.05) is 60.0 Å². The molecule has 7 nitrogen and oxygen atoms in total. The summed E-state index contributed by atoms with van der Waals surface area (Å²) in [6.45, 7) is 2.96. The molecule has 1 amide bonds. The van der Waals surface area contributed by atoms with Crippen LogP contribution in [0.25, 0.3) is 11.4 Å². The first-order valence-electron chi connectivity index (χ1n) is 9.52. The summed E-state index contributed by atoms with van der Waals surface area (Å²) in [5, 5.41) is 9.46. The van der Waals surface area contributed by atoms with E-state index in [1.165, 1.54) is 11.8 Å². The average Bonchev–Trinajstić information content (AvgIpc) is 3.50. The van der Waals surface area contributed by atoms with Gasteiger partial charge in [-0.25, -0.2) is 0 Å². The number of carbonyl (C=O) groups is 1. The normalized spacial score (nSPS) is 11.0. The zero-order chi connectivity index (χ0) is 20.9. The molecule has 30 heavy (non-hydrogen) atoms. The number of thioether (sulfide) groups is 1. The van der Waals surface area contributed by atoms with E-state index in [-0.39, 0.29) is 11.7 Å². The molecule has 0 unspecified atom stereocenters. The third kappa shape index (κ3) is 4.49. The van der Waals surface area contributed by atoms with E-state index in [0.29, 0.717) is 18.2 Å². The van der Waals surface area contributed by atoms with Gasteiger partial charge in [0.25, 0.3) is 0 Å². The number of hydrogen-bond acceptors (Lipinski definition) is 6. The molecule has 1 aromatic carbocycles. The Kier molecular flexibility index (Phi) is 6.04. The van der Waals surface area contributed by atoms with Gasteiger partial charge < -0.3 is 13.7 Å². The van der Waals surface area contributed by atoms with Crippen LogP contribution in [0.1, 0.15) is 17.1 Å². The quantitative estimate of drug-likeness (QED) is 0.395. The maximum atomic E-state index is 12.6. The molecule has 0 saturated heterocycles. The lowest BCUT2D eigenvalue weighted by Crippen LogP contribution is -2.27. The number of aromatic nitrogens is 3. The van der Waals surface area contributed by atoms with Crippen molar-refractivity contribution in [3.8, 4) is 11.4 Å². The molecule has 0 saturated carbocycles. The molecule has 0 atom stereocenters. The molecule has 8 heteroatoms. The Morgan fingerprint density at radius 2 is 1.77 bits per heavy atom. The number of furan rings is 2. The summed E-state index contributed by atoms with van der Waals surface area (Å²) in [6, 6.07) is 15.5. The van der Waals surface area contributed by atoms with Crippen molar-refractivity contribution < 1.29 is 13.6 Å². The van der Waals surface area contributed by atoms with Crippen molar-refractivity contribution in [2.75, 3.05) is 12.8 Å². The zero-order valence-electron chi connectivity index (χ0n) is 16.8. The van der Waals surface area contributed by atoms with Crippen molar-refractivity contribution in [2.24, 2.45) is 0 Å². The van der Waals surface area contributed by atoms with Gasteiger partial charge in [-0.2, -0.15) is 0 Å². The van der Waals surface area contributed by atoms with Gasteiger partial charge in [0.15, 0.2) is 11.0 Å². The highest BCUT2D eigenvalue weighted by Gasteiger charge is 2.19. The van der Waals surface area contributed by atoms with Crippen LogP contribution in [-0.2, 0) is 17.9 Å². The van der Waals surface area contributed by atoms with Crippen LogP contribution in [0.5, 0.6) is 0 Å². The lowest BCUT2D eigenvalue weighted by molar-refractivity contribution is -0.127. The van der Waals surface area contributed by atoms with Crippen LogP contribution in [0.15, 0.2) is 75.0 Å². The highest BCUT2D eigenvalue weighted by molar-refractivity contribution is 7.99. The van der Waals surface area contributed by atoms with Gasteiger partial charge in [-0.1, -0.05) is 36.0 Å². The summed E-state index contributed by atoms with van der Waals surface area (Å²) in [6.07, 6.45) is 3.25. The van der Waals surface area contributed by atoms with Crippen molar-refractivity contribution in [1.82, 2.24) is 19.7 Å². The molecule has 3 aromatic heterocycles. The fourth-order valence-electron chi connectivity index (χ4n) is 3.08. The molecule has 3 heterocycles. The minimum absolute atomic E-state index is 0.0126. The van der Waals surface area contributed by atoms with Crippen molar-refractivity contribution >= 4 is 17.7 Å². The molecule has 4 aromatic rings. The average molecular weight is 423 g/mol. The Labute approximate surface area is 178 Å². The highest BCUT2D eigenvalue weighted by Crippen LogP contribution is 2.27. The predicted molar refractivity (Wildman–Crippen MR) is 114 cm³/mol. The van der Waals surface area contributed by atoms with E-state index in [0.717, 1.165) is 28.5 Å². The molecular weight excluding hydrogens is 400 g/mol. The summed E-state index contributed by atoms with van der Waals surface area (Å²) >= 11 is 1.37. The minimum atomic E-state index is -0.0126. The van der Waals surface area contributed by atoms with Gasteiger partial charge >= 0.3 is 0 Å². The second kappa shape index (κ2) is 9.04. The fraction of sp³-hybridized carbons (Fsp3) is 0.227. The molecule has 0 fully saturated rings. The summed E-state index contributed by atoms with van der Waals surface area (Å²) in [7, 11) is 1.76. The second-order valence-corrected chi connectivity index (χ2v) is 7.85. The van der Waals surface area contributed by atoms with E-state index in [1.54, 1.807) is 24.5 Å². The Morgan fingerprint density at radius 3 is 2.47 bits per heavy atom. The molecule has 154 valence electrons.